The van der Waals surface area contributed by atoms with Crippen LogP contribution in [0.2, 0.25) is 0 Å². The van der Waals surface area contributed by atoms with E-state index in [-0.39, 0.29) is 43.2 Å². The fraction of sp³-hybridized carbons (Fsp3) is 0.231. The van der Waals surface area contributed by atoms with Gasteiger partial charge in [0.25, 0.3) is 5.91 Å². The van der Waals surface area contributed by atoms with E-state index in [1.165, 1.54) is 19.2 Å². The zero-order chi connectivity index (χ0) is 22.9. The van der Waals surface area contributed by atoms with Gasteiger partial charge in [-0.1, -0.05) is 54.6 Å². The summed E-state index contributed by atoms with van der Waals surface area (Å²) in [6.07, 6.45) is 0.230. The molecule has 32 heavy (non-hydrogen) atoms. The largest absolute Gasteiger partial charge is 0.375 e. The first-order valence-corrected chi connectivity index (χ1v) is 10.4. The Labute approximate surface area is 187 Å². The standard InChI is InChI=1S/C26H27FN2O3/c1-19(22-8-4-3-5-9-22)28-25(30)16-20-11-13-24(14-12-20)29(26(31)18-32-2)17-21-7-6-10-23(27)15-21/h3-15,19H,16-18H2,1-2H3,(H,28,30). The van der Waals surface area contributed by atoms with E-state index in [2.05, 4.69) is 5.32 Å². The molecule has 0 saturated heterocycles. The molecule has 1 unspecified atom stereocenters. The number of nitrogens with one attached hydrogen (secondary N) is 1. The van der Waals surface area contributed by atoms with Crippen LogP contribution in [0.1, 0.15) is 29.7 Å². The highest BCUT2D eigenvalue weighted by atomic mass is 19.1. The fourth-order valence-electron chi connectivity index (χ4n) is 3.44. The molecule has 0 aliphatic rings. The zero-order valence-electron chi connectivity index (χ0n) is 18.3. The molecule has 0 aliphatic heterocycles. The van der Waals surface area contributed by atoms with E-state index in [4.69, 9.17) is 4.74 Å². The van der Waals surface area contributed by atoms with Gasteiger partial charge in [0.1, 0.15) is 12.4 Å². The summed E-state index contributed by atoms with van der Waals surface area (Å²) in [6.45, 7) is 2.08. The van der Waals surface area contributed by atoms with Gasteiger partial charge in [-0.2, -0.15) is 0 Å². The molecule has 0 saturated carbocycles. The van der Waals surface area contributed by atoms with Crippen LogP contribution in [0.25, 0.3) is 0 Å². The lowest BCUT2D eigenvalue weighted by Gasteiger charge is -2.23. The Bertz CT molecular complexity index is 1040. The molecule has 1 N–H and O–H groups in total. The predicted octanol–water partition coefficient (Wildman–Crippen LogP) is 4.43. The molecule has 0 bridgehead atoms. The molecule has 5 nitrogen and oxygen atoms in total. The van der Waals surface area contributed by atoms with Gasteiger partial charge in [-0.15, -0.1) is 0 Å². The summed E-state index contributed by atoms with van der Waals surface area (Å²) in [5.41, 5.74) is 3.20. The van der Waals surface area contributed by atoms with Crippen LogP contribution in [0.5, 0.6) is 0 Å². The van der Waals surface area contributed by atoms with E-state index < -0.39 is 0 Å². The molecule has 0 radical (unpaired) electrons. The van der Waals surface area contributed by atoms with Gasteiger partial charge in [-0.05, 0) is 47.9 Å². The van der Waals surface area contributed by atoms with Crippen molar-refractivity contribution in [3.8, 4) is 0 Å². The molecule has 3 rings (SSSR count). The van der Waals surface area contributed by atoms with E-state index in [0.29, 0.717) is 11.3 Å². The summed E-state index contributed by atoms with van der Waals surface area (Å²) < 4.78 is 18.6. The number of hydrogen-bond donors (Lipinski definition) is 1. The minimum atomic E-state index is -0.354. The molecule has 0 spiro atoms. The topological polar surface area (TPSA) is 58.6 Å². The van der Waals surface area contributed by atoms with Crippen LogP contribution >= 0.6 is 0 Å². The SMILES string of the molecule is COCC(=O)N(Cc1cccc(F)c1)c1ccc(CC(=O)NC(C)c2ccccc2)cc1. The van der Waals surface area contributed by atoms with Crippen LogP contribution < -0.4 is 10.2 Å². The fourth-order valence-corrected chi connectivity index (χ4v) is 3.44. The average Bonchev–Trinajstić information content (AvgIpc) is 2.79. The van der Waals surface area contributed by atoms with Crippen molar-refractivity contribution in [2.75, 3.05) is 18.6 Å². The molecular weight excluding hydrogens is 407 g/mol. The molecule has 2 amide bonds. The lowest BCUT2D eigenvalue weighted by atomic mass is 10.1. The molecule has 166 valence electrons. The van der Waals surface area contributed by atoms with Crippen LogP contribution in [0.15, 0.2) is 78.9 Å². The van der Waals surface area contributed by atoms with Gasteiger partial charge in [0.15, 0.2) is 0 Å². The van der Waals surface area contributed by atoms with Gasteiger partial charge in [-0.25, -0.2) is 4.39 Å². The van der Waals surface area contributed by atoms with Crippen LogP contribution in [-0.2, 0) is 27.3 Å². The van der Waals surface area contributed by atoms with Crippen molar-refractivity contribution in [2.45, 2.75) is 25.9 Å². The number of methoxy groups -OCH3 is 1. The monoisotopic (exact) mass is 434 g/mol. The number of anilines is 1. The number of hydrogen-bond acceptors (Lipinski definition) is 3. The maximum atomic E-state index is 13.6. The minimum Gasteiger partial charge on any atom is -0.375 e. The molecule has 0 aromatic heterocycles. The van der Waals surface area contributed by atoms with Crippen molar-refractivity contribution in [3.05, 3.63) is 101 Å². The van der Waals surface area contributed by atoms with Crippen molar-refractivity contribution in [3.63, 3.8) is 0 Å². The summed E-state index contributed by atoms with van der Waals surface area (Å²) in [5.74, 6) is -0.673. The van der Waals surface area contributed by atoms with Gasteiger partial charge in [0, 0.05) is 12.8 Å². The number of benzene rings is 3. The molecule has 3 aromatic carbocycles. The van der Waals surface area contributed by atoms with E-state index in [1.54, 1.807) is 29.2 Å². The third kappa shape index (κ3) is 6.49. The summed E-state index contributed by atoms with van der Waals surface area (Å²) >= 11 is 0. The Hall–Kier alpha value is -3.51. The molecule has 6 heteroatoms. The number of carbonyl (C=O) groups excluding carboxylic acids is 2. The minimum absolute atomic E-state index is 0.0822. The van der Waals surface area contributed by atoms with Gasteiger partial charge in [0.05, 0.1) is 19.0 Å². The Balaban J connectivity index is 1.68. The lowest BCUT2D eigenvalue weighted by Crippen LogP contribution is -2.33. The highest BCUT2D eigenvalue weighted by Gasteiger charge is 2.17. The Morgan fingerprint density at radius 2 is 1.69 bits per heavy atom. The Morgan fingerprint density at radius 1 is 0.969 bits per heavy atom. The second-order valence-electron chi connectivity index (χ2n) is 7.59. The normalized spacial score (nSPS) is 11.6. The van der Waals surface area contributed by atoms with Crippen LogP contribution in [-0.4, -0.2) is 25.5 Å². The third-order valence-electron chi connectivity index (χ3n) is 5.09. The number of carbonyl (C=O) groups is 2. The third-order valence-corrected chi connectivity index (χ3v) is 5.09. The first-order valence-electron chi connectivity index (χ1n) is 10.4. The van der Waals surface area contributed by atoms with Crippen molar-refractivity contribution in [2.24, 2.45) is 0 Å². The van der Waals surface area contributed by atoms with E-state index in [0.717, 1.165) is 11.1 Å². The second kappa shape index (κ2) is 11.2. The van der Waals surface area contributed by atoms with E-state index in [1.807, 2.05) is 49.4 Å². The smallest absolute Gasteiger partial charge is 0.253 e. The highest BCUT2D eigenvalue weighted by molar-refractivity contribution is 5.94. The molecule has 0 fully saturated rings. The van der Waals surface area contributed by atoms with Crippen molar-refractivity contribution in [1.82, 2.24) is 5.32 Å². The first kappa shape index (κ1) is 23.2. The average molecular weight is 435 g/mol. The second-order valence-corrected chi connectivity index (χ2v) is 7.59. The summed E-state index contributed by atoms with van der Waals surface area (Å²) in [7, 11) is 1.45. The number of rotatable bonds is 9. The molecule has 3 aromatic rings. The van der Waals surface area contributed by atoms with Crippen LogP contribution in [0.4, 0.5) is 10.1 Å². The lowest BCUT2D eigenvalue weighted by molar-refractivity contribution is -0.122. The van der Waals surface area contributed by atoms with Crippen molar-refractivity contribution in [1.29, 1.82) is 0 Å². The number of amides is 2. The summed E-state index contributed by atoms with van der Waals surface area (Å²) in [6, 6.07) is 23.1. The van der Waals surface area contributed by atoms with E-state index >= 15 is 0 Å². The summed E-state index contributed by atoms with van der Waals surface area (Å²) in [4.78, 5) is 26.6. The molecule has 0 heterocycles. The maximum Gasteiger partial charge on any atom is 0.253 e. The predicted molar refractivity (Wildman–Crippen MR) is 123 cm³/mol. The maximum absolute atomic E-state index is 13.6. The van der Waals surface area contributed by atoms with Crippen LogP contribution in [0, 0.1) is 5.82 Å². The quantitative estimate of drug-likeness (QED) is 0.542. The first-order chi connectivity index (χ1) is 15.5. The zero-order valence-corrected chi connectivity index (χ0v) is 18.3. The van der Waals surface area contributed by atoms with Gasteiger partial charge in [0.2, 0.25) is 5.91 Å². The summed E-state index contributed by atoms with van der Waals surface area (Å²) in [5, 5.41) is 3.00. The van der Waals surface area contributed by atoms with Gasteiger partial charge < -0.3 is 15.0 Å². The van der Waals surface area contributed by atoms with Crippen molar-refractivity contribution >= 4 is 17.5 Å². The number of halogens is 1. The van der Waals surface area contributed by atoms with Crippen LogP contribution in [0.3, 0.4) is 0 Å². The number of nitrogens with zero attached hydrogens (tertiary/aromatic N) is 1. The van der Waals surface area contributed by atoms with Gasteiger partial charge >= 0.3 is 0 Å². The highest BCUT2D eigenvalue weighted by Crippen LogP contribution is 2.20. The van der Waals surface area contributed by atoms with E-state index in [9.17, 15) is 14.0 Å². The van der Waals surface area contributed by atoms with Gasteiger partial charge in [-0.3, -0.25) is 9.59 Å². The molecule has 1 atom stereocenters. The molecular formula is C26H27FN2O3. The van der Waals surface area contributed by atoms with Crippen molar-refractivity contribution < 1.29 is 18.7 Å². The number of ether oxygens (including phenoxy) is 1. The Kier molecular flexibility index (Phi) is 8.11. The molecule has 0 aliphatic carbocycles. The Morgan fingerprint density at radius 3 is 2.34 bits per heavy atom.